The van der Waals surface area contributed by atoms with Gasteiger partial charge in [0.25, 0.3) is 0 Å². The molecule has 1 aromatic heterocycles. The molecule has 0 saturated carbocycles. The van der Waals surface area contributed by atoms with Gasteiger partial charge in [0.2, 0.25) is 0 Å². The van der Waals surface area contributed by atoms with Crippen LogP contribution in [-0.2, 0) is 4.74 Å². The van der Waals surface area contributed by atoms with Crippen molar-refractivity contribution in [3.8, 4) is 22.6 Å². The molecular formula is C14H13NO4. The summed E-state index contributed by atoms with van der Waals surface area (Å²) < 4.78 is 15.7. The van der Waals surface area contributed by atoms with Crippen LogP contribution in [0, 0.1) is 0 Å². The highest BCUT2D eigenvalue weighted by Gasteiger charge is 2.14. The SMILES string of the molecule is COC(=O)c1cc(-c2ccc3c(c2)OCCO3)c[nH]1. The van der Waals surface area contributed by atoms with Gasteiger partial charge in [-0.25, -0.2) is 4.79 Å². The van der Waals surface area contributed by atoms with E-state index in [1.54, 1.807) is 12.3 Å². The topological polar surface area (TPSA) is 60.6 Å². The van der Waals surface area contributed by atoms with Crippen molar-refractivity contribution in [2.45, 2.75) is 0 Å². The number of carbonyl (C=O) groups excluding carboxylic acids is 1. The van der Waals surface area contributed by atoms with Gasteiger partial charge in [0, 0.05) is 11.8 Å². The average molecular weight is 259 g/mol. The molecule has 2 heterocycles. The molecule has 0 aliphatic carbocycles. The van der Waals surface area contributed by atoms with Crippen molar-refractivity contribution in [1.82, 2.24) is 4.98 Å². The van der Waals surface area contributed by atoms with Crippen LogP contribution in [0.4, 0.5) is 0 Å². The number of aromatic nitrogens is 1. The Hall–Kier alpha value is -2.43. The lowest BCUT2D eigenvalue weighted by molar-refractivity contribution is 0.0595. The number of nitrogens with one attached hydrogen (secondary N) is 1. The number of hydrogen-bond donors (Lipinski definition) is 1. The van der Waals surface area contributed by atoms with Gasteiger partial charge in [0.05, 0.1) is 7.11 Å². The van der Waals surface area contributed by atoms with Gasteiger partial charge < -0.3 is 19.2 Å². The van der Waals surface area contributed by atoms with Gasteiger partial charge in [-0.1, -0.05) is 6.07 Å². The third-order valence-electron chi connectivity index (χ3n) is 2.96. The minimum Gasteiger partial charge on any atom is -0.486 e. The number of H-pyrrole nitrogens is 1. The van der Waals surface area contributed by atoms with Gasteiger partial charge in [0.15, 0.2) is 11.5 Å². The maximum Gasteiger partial charge on any atom is 0.354 e. The lowest BCUT2D eigenvalue weighted by Crippen LogP contribution is -2.15. The number of fused-ring (bicyclic) bond motifs is 1. The van der Waals surface area contributed by atoms with E-state index in [1.807, 2.05) is 18.2 Å². The second-order valence-electron chi connectivity index (χ2n) is 4.15. The molecule has 5 nitrogen and oxygen atoms in total. The summed E-state index contributed by atoms with van der Waals surface area (Å²) in [5.41, 5.74) is 2.28. The number of aromatic amines is 1. The molecule has 0 atom stereocenters. The van der Waals surface area contributed by atoms with E-state index in [0.717, 1.165) is 22.6 Å². The lowest BCUT2D eigenvalue weighted by atomic mass is 10.1. The number of benzene rings is 1. The summed E-state index contributed by atoms with van der Waals surface area (Å²) in [4.78, 5) is 14.3. The zero-order valence-electron chi connectivity index (χ0n) is 10.4. The molecule has 1 aliphatic heterocycles. The van der Waals surface area contributed by atoms with Gasteiger partial charge in [-0.3, -0.25) is 0 Å². The Bertz CT molecular complexity index is 618. The van der Waals surface area contributed by atoms with Crippen LogP contribution >= 0.6 is 0 Å². The van der Waals surface area contributed by atoms with Crippen LogP contribution in [0.1, 0.15) is 10.5 Å². The summed E-state index contributed by atoms with van der Waals surface area (Å²) in [6, 6.07) is 7.45. The van der Waals surface area contributed by atoms with E-state index in [1.165, 1.54) is 7.11 Å². The van der Waals surface area contributed by atoms with E-state index < -0.39 is 0 Å². The number of rotatable bonds is 2. The molecular weight excluding hydrogens is 246 g/mol. The molecule has 5 heteroatoms. The number of hydrogen-bond acceptors (Lipinski definition) is 4. The second-order valence-corrected chi connectivity index (χ2v) is 4.15. The highest BCUT2D eigenvalue weighted by molar-refractivity contribution is 5.89. The van der Waals surface area contributed by atoms with E-state index in [2.05, 4.69) is 9.72 Å². The largest absolute Gasteiger partial charge is 0.486 e. The third kappa shape index (κ3) is 2.14. The van der Waals surface area contributed by atoms with Crippen LogP contribution in [0.25, 0.3) is 11.1 Å². The van der Waals surface area contributed by atoms with E-state index in [4.69, 9.17) is 9.47 Å². The van der Waals surface area contributed by atoms with Gasteiger partial charge >= 0.3 is 5.97 Å². The van der Waals surface area contributed by atoms with Gasteiger partial charge in [-0.05, 0) is 23.8 Å². The average Bonchev–Trinajstić information content (AvgIpc) is 2.95. The van der Waals surface area contributed by atoms with Crippen LogP contribution < -0.4 is 9.47 Å². The summed E-state index contributed by atoms with van der Waals surface area (Å²) in [5, 5.41) is 0. The fourth-order valence-corrected chi connectivity index (χ4v) is 2.01. The molecule has 0 amide bonds. The predicted octanol–water partition coefficient (Wildman–Crippen LogP) is 2.24. The molecule has 0 unspecified atom stereocenters. The third-order valence-corrected chi connectivity index (χ3v) is 2.96. The Balaban J connectivity index is 1.93. The summed E-state index contributed by atoms with van der Waals surface area (Å²) in [5.74, 6) is 1.09. The Labute approximate surface area is 110 Å². The zero-order valence-corrected chi connectivity index (χ0v) is 10.4. The van der Waals surface area contributed by atoms with E-state index >= 15 is 0 Å². The molecule has 0 spiro atoms. The molecule has 19 heavy (non-hydrogen) atoms. The van der Waals surface area contributed by atoms with Gasteiger partial charge in [0.1, 0.15) is 18.9 Å². The molecule has 1 aromatic carbocycles. The van der Waals surface area contributed by atoms with Crippen molar-refractivity contribution in [2.75, 3.05) is 20.3 Å². The Morgan fingerprint density at radius 1 is 1.16 bits per heavy atom. The molecule has 1 aliphatic rings. The van der Waals surface area contributed by atoms with Crippen LogP contribution in [0.3, 0.4) is 0 Å². The molecule has 0 radical (unpaired) electrons. The molecule has 0 fully saturated rings. The molecule has 0 bridgehead atoms. The van der Waals surface area contributed by atoms with Crippen LogP contribution in [0.15, 0.2) is 30.5 Å². The van der Waals surface area contributed by atoms with Crippen LogP contribution in [0.2, 0.25) is 0 Å². The van der Waals surface area contributed by atoms with Crippen molar-refractivity contribution < 1.29 is 19.0 Å². The number of ether oxygens (including phenoxy) is 3. The maximum absolute atomic E-state index is 11.4. The predicted molar refractivity (Wildman–Crippen MR) is 68.6 cm³/mol. The highest BCUT2D eigenvalue weighted by Crippen LogP contribution is 2.34. The lowest BCUT2D eigenvalue weighted by Gasteiger charge is -2.18. The van der Waals surface area contributed by atoms with Crippen molar-refractivity contribution in [2.24, 2.45) is 0 Å². The molecule has 1 N–H and O–H groups in total. The van der Waals surface area contributed by atoms with Crippen molar-refractivity contribution in [3.63, 3.8) is 0 Å². The summed E-state index contributed by atoms with van der Waals surface area (Å²) in [6.45, 7) is 1.12. The standard InChI is InChI=1S/C14H13NO4/c1-17-14(16)11-6-10(8-15-11)9-2-3-12-13(7-9)19-5-4-18-12/h2-3,6-8,15H,4-5H2,1H3. The monoisotopic (exact) mass is 259 g/mol. The Morgan fingerprint density at radius 3 is 2.74 bits per heavy atom. The minimum absolute atomic E-state index is 0.385. The summed E-state index contributed by atoms with van der Waals surface area (Å²) >= 11 is 0. The van der Waals surface area contributed by atoms with Crippen molar-refractivity contribution >= 4 is 5.97 Å². The highest BCUT2D eigenvalue weighted by atomic mass is 16.6. The first-order valence-electron chi connectivity index (χ1n) is 5.94. The first-order valence-corrected chi connectivity index (χ1v) is 5.94. The molecule has 3 rings (SSSR count). The molecule has 2 aromatic rings. The first kappa shape index (κ1) is 11.6. The van der Waals surface area contributed by atoms with E-state index in [-0.39, 0.29) is 5.97 Å². The number of carbonyl (C=O) groups is 1. The number of methoxy groups -OCH3 is 1. The van der Waals surface area contributed by atoms with Gasteiger partial charge in [-0.2, -0.15) is 0 Å². The van der Waals surface area contributed by atoms with Crippen molar-refractivity contribution in [3.05, 3.63) is 36.2 Å². The smallest absolute Gasteiger partial charge is 0.354 e. The summed E-state index contributed by atoms with van der Waals surface area (Å²) in [7, 11) is 1.35. The number of esters is 1. The maximum atomic E-state index is 11.4. The van der Waals surface area contributed by atoms with E-state index in [9.17, 15) is 4.79 Å². The molecule has 98 valence electrons. The Morgan fingerprint density at radius 2 is 1.95 bits per heavy atom. The zero-order chi connectivity index (χ0) is 13.2. The minimum atomic E-state index is -0.385. The first-order chi connectivity index (χ1) is 9.28. The van der Waals surface area contributed by atoms with Crippen LogP contribution in [0.5, 0.6) is 11.5 Å². The molecule has 0 saturated heterocycles. The quantitative estimate of drug-likeness (QED) is 0.840. The van der Waals surface area contributed by atoms with E-state index in [0.29, 0.717) is 18.9 Å². The fraction of sp³-hybridized carbons (Fsp3) is 0.214. The summed E-state index contributed by atoms with van der Waals surface area (Å²) in [6.07, 6.45) is 1.76. The van der Waals surface area contributed by atoms with Crippen molar-refractivity contribution in [1.29, 1.82) is 0 Å². The van der Waals surface area contributed by atoms with Gasteiger partial charge in [-0.15, -0.1) is 0 Å². The van der Waals surface area contributed by atoms with Crippen LogP contribution in [-0.4, -0.2) is 31.3 Å². The fourth-order valence-electron chi connectivity index (χ4n) is 2.01. The second kappa shape index (κ2) is 4.68. The normalized spacial score (nSPS) is 13.1. The Kier molecular flexibility index (Phi) is 2.87.